The average molecular weight is 381 g/mol. The zero-order valence-electron chi connectivity index (χ0n) is 9.44. The minimum absolute atomic E-state index is 0.200. The van der Waals surface area contributed by atoms with E-state index >= 15 is 0 Å². The van der Waals surface area contributed by atoms with Crippen molar-refractivity contribution in [3.05, 3.63) is 32.7 Å². The molecule has 0 spiro atoms. The van der Waals surface area contributed by atoms with Gasteiger partial charge < -0.3 is 15.2 Å². The third-order valence-electron chi connectivity index (χ3n) is 2.10. The van der Waals surface area contributed by atoms with Crippen LogP contribution in [-0.4, -0.2) is 36.7 Å². The Morgan fingerprint density at radius 1 is 1.44 bits per heavy atom. The molecule has 5 nitrogen and oxygen atoms in total. The topological polar surface area (TPSA) is 75.6 Å². The lowest BCUT2D eigenvalue weighted by molar-refractivity contribution is -0.149. The highest BCUT2D eigenvalue weighted by atomic mass is 79.9. The van der Waals surface area contributed by atoms with Gasteiger partial charge in [-0.3, -0.25) is 4.79 Å². The molecular weight excluding hydrogens is 370 g/mol. The van der Waals surface area contributed by atoms with Crippen LogP contribution in [0, 0.1) is 0 Å². The normalized spacial score (nSPS) is 11.8. The maximum absolute atomic E-state index is 11.8. The van der Waals surface area contributed by atoms with Crippen LogP contribution in [0.3, 0.4) is 0 Å². The van der Waals surface area contributed by atoms with Gasteiger partial charge in [0, 0.05) is 8.95 Å². The Morgan fingerprint density at radius 3 is 2.67 bits per heavy atom. The van der Waals surface area contributed by atoms with Crippen molar-refractivity contribution in [1.29, 1.82) is 0 Å². The maximum Gasteiger partial charge on any atom is 0.336 e. The fraction of sp³-hybridized carbons (Fsp3) is 0.273. The maximum atomic E-state index is 11.8. The Kier molecular flexibility index (Phi) is 5.77. The Bertz CT molecular complexity index is 464. The molecule has 2 N–H and O–H groups in total. The summed E-state index contributed by atoms with van der Waals surface area (Å²) in [6, 6.07) is 5.07. The molecule has 98 valence electrons. The molecule has 18 heavy (non-hydrogen) atoms. The largest absolute Gasteiger partial charge is 0.467 e. The van der Waals surface area contributed by atoms with Crippen LogP contribution in [0.15, 0.2) is 27.1 Å². The van der Waals surface area contributed by atoms with Crippen LogP contribution in [0.5, 0.6) is 0 Å². The standard InChI is InChI=1S/C11H11Br2NO4/c1-18-11(17)9(15)5-14-10(16)7-3-2-6(12)4-8(7)13/h2-4,9,15H,5H2,1H3,(H,14,16). The van der Waals surface area contributed by atoms with E-state index in [1.54, 1.807) is 18.2 Å². The van der Waals surface area contributed by atoms with Crippen LogP contribution in [0.1, 0.15) is 10.4 Å². The number of esters is 1. The lowest BCUT2D eigenvalue weighted by Crippen LogP contribution is -2.37. The molecule has 1 atom stereocenters. The van der Waals surface area contributed by atoms with E-state index in [0.29, 0.717) is 10.0 Å². The number of hydrogen-bond acceptors (Lipinski definition) is 4. The molecule has 0 bridgehead atoms. The monoisotopic (exact) mass is 379 g/mol. The first kappa shape index (κ1) is 15.1. The van der Waals surface area contributed by atoms with Gasteiger partial charge in [0.15, 0.2) is 6.10 Å². The second-order valence-corrected chi connectivity index (χ2v) is 5.14. The summed E-state index contributed by atoms with van der Waals surface area (Å²) < 4.78 is 5.78. The Labute approximate surface area is 121 Å². The van der Waals surface area contributed by atoms with Gasteiger partial charge >= 0.3 is 5.97 Å². The molecule has 0 aliphatic rings. The molecule has 7 heteroatoms. The van der Waals surface area contributed by atoms with Crippen LogP contribution in [0.4, 0.5) is 0 Å². The SMILES string of the molecule is COC(=O)C(O)CNC(=O)c1ccc(Br)cc1Br. The van der Waals surface area contributed by atoms with Crippen molar-refractivity contribution < 1.29 is 19.4 Å². The minimum Gasteiger partial charge on any atom is -0.467 e. The van der Waals surface area contributed by atoms with Crippen LogP contribution in [0.25, 0.3) is 0 Å². The summed E-state index contributed by atoms with van der Waals surface area (Å²) in [4.78, 5) is 22.7. The van der Waals surface area contributed by atoms with Crippen molar-refractivity contribution in [1.82, 2.24) is 5.32 Å². The number of rotatable bonds is 4. The van der Waals surface area contributed by atoms with E-state index in [9.17, 15) is 14.7 Å². The number of amides is 1. The predicted molar refractivity (Wildman–Crippen MR) is 72.2 cm³/mol. The van der Waals surface area contributed by atoms with Crippen LogP contribution in [0.2, 0.25) is 0 Å². The van der Waals surface area contributed by atoms with Crippen molar-refractivity contribution in [3.63, 3.8) is 0 Å². The predicted octanol–water partition coefficient (Wildman–Crippen LogP) is 1.48. The number of carbonyl (C=O) groups is 2. The number of hydrogen-bond donors (Lipinski definition) is 2. The lowest BCUT2D eigenvalue weighted by atomic mass is 10.2. The number of methoxy groups -OCH3 is 1. The van der Waals surface area contributed by atoms with E-state index in [-0.39, 0.29) is 6.54 Å². The number of ether oxygens (including phenoxy) is 1. The Balaban J connectivity index is 2.63. The number of benzene rings is 1. The summed E-state index contributed by atoms with van der Waals surface area (Å²) in [6.07, 6.45) is -1.37. The summed E-state index contributed by atoms with van der Waals surface area (Å²) in [6.45, 7) is -0.200. The summed E-state index contributed by atoms with van der Waals surface area (Å²) in [5, 5.41) is 11.8. The first-order valence-corrected chi connectivity index (χ1v) is 6.53. The highest BCUT2D eigenvalue weighted by molar-refractivity contribution is 9.11. The Hall–Kier alpha value is -0.920. The van der Waals surface area contributed by atoms with Crippen LogP contribution >= 0.6 is 31.9 Å². The third-order valence-corrected chi connectivity index (χ3v) is 3.25. The first-order chi connectivity index (χ1) is 8.45. The fourth-order valence-corrected chi connectivity index (χ4v) is 2.40. The van der Waals surface area contributed by atoms with Gasteiger partial charge in [0.1, 0.15) is 0 Å². The van der Waals surface area contributed by atoms with Gasteiger partial charge in [-0.1, -0.05) is 15.9 Å². The number of halogens is 2. The molecule has 1 unspecified atom stereocenters. The summed E-state index contributed by atoms with van der Waals surface area (Å²) in [5.74, 6) is -1.18. The van der Waals surface area contributed by atoms with Crippen LogP contribution in [-0.2, 0) is 9.53 Å². The summed E-state index contributed by atoms with van der Waals surface area (Å²) >= 11 is 6.53. The zero-order valence-corrected chi connectivity index (χ0v) is 12.6. The number of nitrogens with one attached hydrogen (secondary N) is 1. The molecule has 1 aromatic carbocycles. The van der Waals surface area contributed by atoms with Gasteiger partial charge in [-0.2, -0.15) is 0 Å². The molecule has 0 aromatic heterocycles. The average Bonchev–Trinajstić information content (AvgIpc) is 2.34. The van der Waals surface area contributed by atoms with E-state index in [1.165, 1.54) is 7.11 Å². The molecule has 0 heterocycles. The number of carbonyl (C=O) groups excluding carboxylic acids is 2. The first-order valence-electron chi connectivity index (χ1n) is 4.95. The van der Waals surface area contributed by atoms with Gasteiger partial charge in [-0.15, -0.1) is 0 Å². The molecular formula is C11H11Br2NO4. The van der Waals surface area contributed by atoms with Crippen molar-refractivity contribution in [2.24, 2.45) is 0 Å². The smallest absolute Gasteiger partial charge is 0.336 e. The van der Waals surface area contributed by atoms with E-state index in [4.69, 9.17) is 0 Å². The molecule has 0 saturated carbocycles. The summed E-state index contributed by atoms with van der Waals surface area (Å²) in [7, 11) is 1.17. The zero-order chi connectivity index (χ0) is 13.7. The summed E-state index contributed by atoms with van der Waals surface area (Å²) in [5.41, 5.74) is 0.412. The third kappa shape index (κ3) is 4.08. The quantitative estimate of drug-likeness (QED) is 0.775. The van der Waals surface area contributed by atoms with Crippen molar-refractivity contribution >= 4 is 43.7 Å². The van der Waals surface area contributed by atoms with Crippen molar-refractivity contribution in [2.45, 2.75) is 6.10 Å². The van der Waals surface area contributed by atoms with Crippen LogP contribution < -0.4 is 5.32 Å². The van der Waals surface area contributed by atoms with Gasteiger partial charge in [-0.25, -0.2) is 4.79 Å². The molecule has 0 fully saturated rings. The molecule has 0 aliphatic carbocycles. The number of aliphatic hydroxyl groups excluding tert-OH is 1. The van der Waals surface area contributed by atoms with Crippen molar-refractivity contribution in [2.75, 3.05) is 13.7 Å². The van der Waals surface area contributed by atoms with Crippen molar-refractivity contribution in [3.8, 4) is 0 Å². The van der Waals surface area contributed by atoms with Gasteiger partial charge in [0.2, 0.25) is 0 Å². The second kappa shape index (κ2) is 6.86. The molecule has 1 amide bonds. The number of aliphatic hydroxyl groups is 1. The molecule has 1 aromatic rings. The highest BCUT2D eigenvalue weighted by Gasteiger charge is 2.17. The fourth-order valence-electron chi connectivity index (χ4n) is 1.18. The molecule has 0 saturated heterocycles. The van der Waals surface area contributed by atoms with Gasteiger partial charge in [0.25, 0.3) is 5.91 Å². The second-order valence-electron chi connectivity index (χ2n) is 3.37. The van der Waals surface area contributed by atoms with Gasteiger partial charge in [0.05, 0.1) is 19.2 Å². The van der Waals surface area contributed by atoms with E-state index < -0.39 is 18.0 Å². The molecule has 1 rings (SSSR count). The molecule has 0 radical (unpaired) electrons. The van der Waals surface area contributed by atoms with E-state index in [0.717, 1.165) is 4.47 Å². The van der Waals surface area contributed by atoms with E-state index in [2.05, 4.69) is 41.9 Å². The molecule has 0 aliphatic heterocycles. The lowest BCUT2D eigenvalue weighted by Gasteiger charge is -2.10. The van der Waals surface area contributed by atoms with Gasteiger partial charge in [-0.05, 0) is 34.1 Å². The Morgan fingerprint density at radius 2 is 2.11 bits per heavy atom. The minimum atomic E-state index is -1.37. The highest BCUT2D eigenvalue weighted by Crippen LogP contribution is 2.21. The van der Waals surface area contributed by atoms with E-state index in [1.807, 2.05) is 0 Å².